The topological polar surface area (TPSA) is 58.5 Å². The lowest BCUT2D eigenvalue weighted by atomic mass is 9.98. The molecule has 0 atom stereocenters. The molecule has 2 heterocycles. The first kappa shape index (κ1) is 11.1. The van der Waals surface area contributed by atoms with Gasteiger partial charge in [0.15, 0.2) is 5.75 Å². The zero-order valence-electron chi connectivity index (χ0n) is 9.68. The summed E-state index contributed by atoms with van der Waals surface area (Å²) in [6.07, 6.45) is 4.31. The van der Waals surface area contributed by atoms with E-state index in [0.717, 1.165) is 6.42 Å². The molecule has 2 rings (SSSR count). The Labute approximate surface area is 95.1 Å². The molecule has 0 unspecified atom stereocenters. The lowest BCUT2D eigenvalue weighted by Crippen LogP contribution is -2.60. The summed E-state index contributed by atoms with van der Waals surface area (Å²) < 4.78 is 5.39. The van der Waals surface area contributed by atoms with Crippen LogP contribution in [-0.2, 0) is 0 Å². The molecular formula is C11H17N3O2. The maximum atomic E-state index is 9.59. The minimum Gasteiger partial charge on any atom is -0.490 e. The van der Waals surface area contributed by atoms with Crippen LogP contribution in [0.2, 0.25) is 0 Å². The molecule has 0 saturated carbocycles. The summed E-state index contributed by atoms with van der Waals surface area (Å²) in [6, 6.07) is 0. The third-order valence-corrected chi connectivity index (χ3v) is 2.43. The van der Waals surface area contributed by atoms with Crippen molar-refractivity contribution >= 4 is 5.95 Å². The highest BCUT2D eigenvalue weighted by Gasteiger charge is 2.37. The Morgan fingerprint density at radius 1 is 1.44 bits per heavy atom. The molecule has 1 aliphatic heterocycles. The van der Waals surface area contributed by atoms with E-state index < -0.39 is 5.60 Å². The Bertz CT molecular complexity index is 343. The van der Waals surface area contributed by atoms with Gasteiger partial charge < -0.3 is 14.7 Å². The lowest BCUT2D eigenvalue weighted by molar-refractivity contribution is 0.0299. The van der Waals surface area contributed by atoms with E-state index in [4.69, 9.17) is 4.74 Å². The number of β-amino-alcohol motifs (C(OH)–C–C–N with tert-alkyl or cyclic N) is 1. The molecule has 1 aromatic rings. The zero-order chi connectivity index (χ0) is 11.6. The highest BCUT2D eigenvalue weighted by atomic mass is 16.5. The van der Waals surface area contributed by atoms with Crippen LogP contribution in [0.3, 0.4) is 0 Å². The Morgan fingerprint density at radius 2 is 2.06 bits per heavy atom. The molecule has 1 N–H and O–H groups in total. The van der Waals surface area contributed by atoms with E-state index in [1.54, 1.807) is 12.4 Å². The first-order valence-corrected chi connectivity index (χ1v) is 5.53. The van der Waals surface area contributed by atoms with E-state index in [2.05, 4.69) is 16.9 Å². The van der Waals surface area contributed by atoms with Crippen molar-refractivity contribution in [3.63, 3.8) is 0 Å². The molecule has 0 aliphatic carbocycles. The van der Waals surface area contributed by atoms with Crippen molar-refractivity contribution in [1.29, 1.82) is 0 Å². The minimum atomic E-state index is -0.596. The summed E-state index contributed by atoms with van der Waals surface area (Å²) >= 11 is 0. The van der Waals surface area contributed by atoms with Crippen molar-refractivity contribution in [3.05, 3.63) is 12.4 Å². The van der Waals surface area contributed by atoms with Crippen molar-refractivity contribution in [2.24, 2.45) is 0 Å². The summed E-state index contributed by atoms with van der Waals surface area (Å²) in [6.45, 7) is 5.71. The molecule has 1 aliphatic rings. The number of aliphatic hydroxyl groups is 1. The minimum absolute atomic E-state index is 0.585. The van der Waals surface area contributed by atoms with Crippen molar-refractivity contribution in [2.75, 3.05) is 24.6 Å². The quantitative estimate of drug-likeness (QED) is 0.819. The van der Waals surface area contributed by atoms with E-state index in [0.29, 0.717) is 31.4 Å². The van der Waals surface area contributed by atoms with Crippen molar-refractivity contribution < 1.29 is 9.84 Å². The summed E-state index contributed by atoms with van der Waals surface area (Å²) in [5, 5.41) is 9.59. The van der Waals surface area contributed by atoms with Gasteiger partial charge in [-0.15, -0.1) is 0 Å². The zero-order valence-corrected chi connectivity index (χ0v) is 9.68. The molecule has 5 nitrogen and oxygen atoms in total. The number of aromatic nitrogens is 2. The fraction of sp³-hybridized carbons (Fsp3) is 0.636. The first-order valence-electron chi connectivity index (χ1n) is 5.53. The SMILES string of the molecule is CCCOc1cnc(N2CC(C)(O)C2)nc1. The summed E-state index contributed by atoms with van der Waals surface area (Å²) in [5.74, 6) is 1.34. The average molecular weight is 223 g/mol. The normalized spacial score (nSPS) is 18.1. The number of nitrogens with zero attached hydrogens (tertiary/aromatic N) is 3. The predicted molar refractivity (Wildman–Crippen MR) is 60.7 cm³/mol. The van der Waals surface area contributed by atoms with Crippen LogP contribution in [0, 0.1) is 0 Å². The van der Waals surface area contributed by atoms with Gasteiger partial charge in [0.1, 0.15) is 0 Å². The van der Waals surface area contributed by atoms with Gasteiger partial charge in [0, 0.05) is 0 Å². The molecule has 5 heteroatoms. The Kier molecular flexibility index (Phi) is 2.96. The van der Waals surface area contributed by atoms with E-state index in [9.17, 15) is 5.11 Å². The van der Waals surface area contributed by atoms with E-state index >= 15 is 0 Å². The average Bonchev–Trinajstić information content (AvgIpc) is 2.24. The van der Waals surface area contributed by atoms with E-state index in [-0.39, 0.29) is 0 Å². The Morgan fingerprint density at radius 3 is 2.56 bits per heavy atom. The Hall–Kier alpha value is -1.36. The van der Waals surface area contributed by atoms with Gasteiger partial charge in [0.05, 0.1) is 37.7 Å². The van der Waals surface area contributed by atoms with Crippen LogP contribution in [0.15, 0.2) is 12.4 Å². The summed E-state index contributed by atoms with van der Waals surface area (Å²) in [4.78, 5) is 10.3. The summed E-state index contributed by atoms with van der Waals surface area (Å²) in [7, 11) is 0. The number of anilines is 1. The van der Waals surface area contributed by atoms with Gasteiger partial charge in [-0.05, 0) is 13.3 Å². The first-order chi connectivity index (χ1) is 7.61. The second-order valence-corrected chi connectivity index (χ2v) is 4.42. The van der Waals surface area contributed by atoms with Gasteiger partial charge in [-0.2, -0.15) is 0 Å². The highest BCUT2D eigenvalue weighted by Crippen LogP contribution is 2.24. The van der Waals surface area contributed by atoms with Gasteiger partial charge in [0.2, 0.25) is 5.95 Å². The van der Waals surface area contributed by atoms with Gasteiger partial charge in [-0.3, -0.25) is 0 Å². The second kappa shape index (κ2) is 4.25. The van der Waals surface area contributed by atoms with Crippen LogP contribution in [-0.4, -0.2) is 40.4 Å². The highest BCUT2D eigenvalue weighted by molar-refractivity contribution is 5.37. The molecular weight excluding hydrogens is 206 g/mol. The fourth-order valence-electron chi connectivity index (χ4n) is 1.68. The molecule has 0 radical (unpaired) electrons. The number of ether oxygens (including phenoxy) is 1. The van der Waals surface area contributed by atoms with Crippen LogP contribution in [0.4, 0.5) is 5.95 Å². The number of rotatable bonds is 4. The fourth-order valence-corrected chi connectivity index (χ4v) is 1.68. The van der Waals surface area contributed by atoms with Crippen LogP contribution >= 0.6 is 0 Å². The van der Waals surface area contributed by atoms with Crippen LogP contribution in [0.25, 0.3) is 0 Å². The molecule has 1 aromatic heterocycles. The largest absolute Gasteiger partial charge is 0.490 e. The lowest BCUT2D eigenvalue weighted by Gasteiger charge is -2.44. The monoisotopic (exact) mass is 223 g/mol. The molecule has 0 amide bonds. The standard InChI is InChI=1S/C11H17N3O2/c1-3-4-16-9-5-12-10(13-6-9)14-7-11(2,15)8-14/h5-6,15H,3-4,7-8H2,1-2H3. The maximum absolute atomic E-state index is 9.59. The van der Waals surface area contributed by atoms with Crippen molar-refractivity contribution in [2.45, 2.75) is 25.9 Å². The molecule has 16 heavy (non-hydrogen) atoms. The molecule has 1 saturated heterocycles. The Balaban J connectivity index is 1.93. The van der Waals surface area contributed by atoms with Crippen LogP contribution in [0.5, 0.6) is 5.75 Å². The smallest absolute Gasteiger partial charge is 0.225 e. The molecule has 0 aromatic carbocycles. The third-order valence-electron chi connectivity index (χ3n) is 2.43. The van der Waals surface area contributed by atoms with E-state index in [1.165, 1.54) is 0 Å². The van der Waals surface area contributed by atoms with Gasteiger partial charge in [-0.25, -0.2) is 9.97 Å². The van der Waals surface area contributed by atoms with Crippen LogP contribution in [0.1, 0.15) is 20.3 Å². The molecule has 0 bridgehead atoms. The van der Waals surface area contributed by atoms with Gasteiger partial charge >= 0.3 is 0 Å². The van der Waals surface area contributed by atoms with Gasteiger partial charge in [0.25, 0.3) is 0 Å². The number of hydrogen-bond donors (Lipinski definition) is 1. The van der Waals surface area contributed by atoms with Crippen molar-refractivity contribution in [1.82, 2.24) is 9.97 Å². The maximum Gasteiger partial charge on any atom is 0.225 e. The second-order valence-electron chi connectivity index (χ2n) is 4.42. The predicted octanol–water partition coefficient (Wildman–Crippen LogP) is 0.836. The van der Waals surface area contributed by atoms with E-state index in [1.807, 2.05) is 11.8 Å². The van der Waals surface area contributed by atoms with Gasteiger partial charge in [-0.1, -0.05) is 6.92 Å². The van der Waals surface area contributed by atoms with Crippen LogP contribution < -0.4 is 9.64 Å². The summed E-state index contributed by atoms with van der Waals surface area (Å²) in [5.41, 5.74) is -0.596. The number of hydrogen-bond acceptors (Lipinski definition) is 5. The van der Waals surface area contributed by atoms with Crippen molar-refractivity contribution in [3.8, 4) is 5.75 Å². The molecule has 0 spiro atoms. The third kappa shape index (κ3) is 2.41. The molecule has 1 fully saturated rings. The molecule has 88 valence electrons.